The first-order valence-electron chi connectivity index (χ1n) is 4.62. The van der Waals surface area contributed by atoms with Gasteiger partial charge in [0.25, 0.3) is 0 Å². The van der Waals surface area contributed by atoms with E-state index in [1.807, 2.05) is 13.2 Å². The van der Waals surface area contributed by atoms with Crippen LogP contribution in [0.3, 0.4) is 0 Å². The minimum atomic E-state index is -0.00815. The van der Waals surface area contributed by atoms with Crippen LogP contribution < -0.4 is 10.6 Å². The molecule has 2 heterocycles. The quantitative estimate of drug-likeness (QED) is 0.601. The van der Waals surface area contributed by atoms with Gasteiger partial charge in [0.05, 0.1) is 6.04 Å². The molecule has 0 aliphatic carbocycles. The standard InChI is InChI=1S/C8H13N5O/c1-13-5-7(11-12-13)6-4-8(14)10-3-2-9-6/h5-6,9H,2-4H2,1H3,(H,10,14). The molecule has 1 aromatic rings. The molecule has 0 bridgehead atoms. The van der Waals surface area contributed by atoms with Crippen molar-refractivity contribution in [1.82, 2.24) is 25.6 Å². The molecule has 0 aromatic carbocycles. The van der Waals surface area contributed by atoms with E-state index in [9.17, 15) is 4.79 Å². The molecule has 6 nitrogen and oxygen atoms in total. The summed E-state index contributed by atoms with van der Waals surface area (Å²) in [5, 5.41) is 13.9. The van der Waals surface area contributed by atoms with Gasteiger partial charge in [-0.3, -0.25) is 9.48 Å². The van der Waals surface area contributed by atoms with Gasteiger partial charge in [0.2, 0.25) is 5.91 Å². The number of hydrogen-bond donors (Lipinski definition) is 2. The third-order valence-corrected chi connectivity index (χ3v) is 2.20. The SMILES string of the molecule is Cn1cc(C2CC(=O)NCCN2)nn1. The van der Waals surface area contributed by atoms with Crippen molar-refractivity contribution in [3.8, 4) is 0 Å². The second-order valence-electron chi connectivity index (χ2n) is 3.38. The number of nitrogens with one attached hydrogen (secondary N) is 2. The van der Waals surface area contributed by atoms with Crippen LogP contribution in [-0.2, 0) is 11.8 Å². The van der Waals surface area contributed by atoms with Gasteiger partial charge in [-0.15, -0.1) is 5.10 Å². The Morgan fingerprint density at radius 3 is 3.14 bits per heavy atom. The maximum atomic E-state index is 11.3. The molecule has 1 amide bonds. The number of aryl methyl sites for hydroxylation is 1. The molecule has 14 heavy (non-hydrogen) atoms. The van der Waals surface area contributed by atoms with Crippen LogP contribution in [0.25, 0.3) is 0 Å². The van der Waals surface area contributed by atoms with Crippen molar-refractivity contribution in [3.63, 3.8) is 0 Å². The van der Waals surface area contributed by atoms with E-state index in [1.165, 1.54) is 0 Å². The van der Waals surface area contributed by atoms with Gasteiger partial charge in [-0.25, -0.2) is 0 Å². The predicted octanol–water partition coefficient (Wildman–Crippen LogP) is -1.03. The lowest BCUT2D eigenvalue weighted by Gasteiger charge is -2.09. The summed E-state index contributed by atoms with van der Waals surface area (Å²) in [6, 6.07) is -0.00815. The van der Waals surface area contributed by atoms with Crippen LogP contribution >= 0.6 is 0 Å². The normalized spacial score (nSPS) is 22.9. The topological polar surface area (TPSA) is 71.8 Å². The Morgan fingerprint density at radius 1 is 1.57 bits per heavy atom. The third kappa shape index (κ3) is 1.90. The number of carbonyl (C=O) groups excluding carboxylic acids is 1. The summed E-state index contributed by atoms with van der Waals surface area (Å²) in [7, 11) is 1.81. The van der Waals surface area contributed by atoms with E-state index in [2.05, 4.69) is 20.9 Å². The fourth-order valence-corrected chi connectivity index (χ4v) is 1.51. The van der Waals surface area contributed by atoms with Gasteiger partial charge in [-0.05, 0) is 0 Å². The van der Waals surface area contributed by atoms with Gasteiger partial charge >= 0.3 is 0 Å². The minimum Gasteiger partial charge on any atom is -0.355 e. The first-order valence-corrected chi connectivity index (χ1v) is 4.62. The maximum absolute atomic E-state index is 11.3. The molecule has 2 N–H and O–H groups in total. The molecule has 1 unspecified atom stereocenters. The van der Waals surface area contributed by atoms with Crippen molar-refractivity contribution in [1.29, 1.82) is 0 Å². The van der Waals surface area contributed by atoms with E-state index in [0.29, 0.717) is 13.0 Å². The van der Waals surface area contributed by atoms with Crippen LogP contribution in [0, 0.1) is 0 Å². The zero-order valence-corrected chi connectivity index (χ0v) is 8.03. The molecule has 0 saturated carbocycles. The highest BCUT2D eigenvalue weighted by atomic mass is 16.1. The highest BCUT2D eigenvalue weighted by Gasteiger charge is 2.20. The second kappa shape index (κ2) is 3.75. The number of carbonyl (C=O) groups is 1. The van der Waals surface area contributed by atoms with E-state index in [0.717, 1.165) is 12.2 Å². The fourth-order valence-electron chi connectivity index (χ4n) is 1.51. The molecule has 1 saturated heterocycles. The second-order valence-corrected chi connectivity index (χ2v) is 3.38. The third-order valence-electron chi connectivity index (χ3n) is 2.20. The average Bonchev–Trinajstić information content (AvgIpc) is 2.45. The summed E-state index contributed by atoms with van der Waals surface area (Å²) in [6.07, 6.45) is 2.26. The largest absolute Gasteiger partial charge is 0.355 e. The summed E-state index contributed by atoms with van der Waals surface area (Å²) < 4.78 is 1.64. The van der Waals surface area contributed by atoms with Gasteiger partial charge in [0, 0.05) is 32.8 Å². The summed E-state index contributed by atoms with van der Waals surface area (Å²) >= 11 is 0. The number of rotatable bonds is 1. The summed E-state index contributed by atoms with van der Waals surface area (Å²) in [6.45, 7) is 1.45. The molecule has 1 aromatic heterocycles. The number of amides is 1. The Morgan fingerprint density at radius 2 is 2.43 bits per heavy atom. The fraction of sp³-hybridized carbons (Fsp3) is 0.625. The van der Waals surface area contributed by atoms with Crippen molar-refractivity contribution in [2.45, 2.75) is 12.5 Å². The van der Waals surface area contributed by atoms with E-state index in [-0.39, 0.29) is 11.9 Å². The molecular weight excluding hydrogens is 182 g/mol. The van der Waals surface area contributed by atoms with Crippen LogP contribution in [-0.4, -0.2) is 34.0 Å². The lowest BCUT2D eigenvalue weighted by Crippen LogP contribution is -2.24. The van der Waals surface area contributed by atoms with E-state index < -0.39 is 0 Å². The van der Waals surface area contributed by atoms with Gasteiger partial charge in [0.1, 0.15) is 5.69 Å². The Balaban J connectivity index is 2.12. The van der Waals surface area contributed by atoms with Gasteiger partial charge in [-0.1, -0.05) is 5.21 Å². The molecule has 1 atom stereocenters. The highest BCUT2D eigenvalue weighted by Crippen LogP contribution is 2.14. The Hall–Kier alpha value is -1.43. The average molecular weight is 195 g/mol. The predicted molar refractivity (Wildman–Crippen MR) is 49.4 cm³/mol. The van der Waals surface area contributed by atoms with Crippen LogP contribution in [0.5, 0.6) is 0 Å². The van der Waals surface area contributed by atoms with E-state index >= 15 is 0 Å². The molecular formula is C8H13N5O. The van der Waals surface area contributed by atoms with Crippen molar-refractivity contribution in [3.05, 3.63) is 11.9 Å². The summed E-state index contributed by atoms with van der Waals surface area (Å²) in [5.41, 5.74) is 0.824. The smallest absolute Gasteiger partial charge is 0.222 e. The summed E-state index contributed by atoms with van der Waals surface area (Å²) in [4.78, 5) is 11.3. The van der Waals surface area contributed by atoms with Crippen LogP contribution in [0.1, 0.15) is 18.2 Å². The zero-order valence-electron chi connectivity index (χ0n) is 8.03. The lowest BCUT2D eigenvalue weighted by atomic mass is 10.1. The minimum absolute atomic E-state index is 0.00815. The zero-order chi connectivity index (χ0) is 9.97. The first kappa shape index (κ1) is 9.14. The Kier molecular flexibility index (Phi) is 2.45. The Labute approximate surface area is 81.7 Å². The Bertz CT molecular complexity index is 334. The van der Waals surface area contributed by atoms with Crippen molar-refractivity contribution >= 4 is 5.91 Å². The van der Waals surface area contributed by atoms with Gasteiger partial charge in [-0.2, -0.15) is 0 Å². The molecule has 0 spiro atoms. The molecule has 1 aliphatic rings. The number of hydrogen-bond acceptors (Lipinski definition) is 4. The van der Waals surface area contributed by atoms with Crippen LogP contribution in [0.4, 0.5) is 0 Å². The number of nitrogens with zero attached hydrogens (tertiary/aromatic N) is 3. The van der Waals surface area contributed by atoms with Gasteiger partial charge < -0.3 is 10.6 Å². The lowest BCUT2D eigenvalue weighted by molar-refractivity contribution is -0.121. The van der Waals surface area contributed by atoms with E-state index in [4.69, 9.17) is 0 Å². The monoisotopic (exact) mass is 195 g/mol. The molecule has 1 aliphatic heterocycles. The molecule has 1 fully saturated rings. The molecule has 2 rings (SSSR count). The van der Waals surface area contributed by atoms with Gasteiger partial charge in [0.15, 0.2) is 0 Å². The first-order chi connectivity index (χ1) is 6.75. The van der Waals surface area contributed by atoms with Crippen molar-refractivity contribution in [2.24, 2.45) is 7.05 Å². The number of aromatic nitrogens is 3. The van der Waals surface area contributed by atoms with Crippen LogP contribution in [0.2, 0.25) is 0 Å². The molecule has 0 radical (unpaired) electrons. The summed E-state index contributed by atoms with van der Waals surface area (Å²) in [5.74, 6) is 0.0608. The van der Waals surface area contributed by atoms with Crippen molar-refractivity contribution < 1.29 is 4.79 Å². The molecule has 76 valence electrons. The van der Waals surface area contributed by atoms with Crippen LogP contribution in [0.15, 0.2) is 6.20 Å². The maximum Gasteiger partial charge on any atom is 0.222 e. The molecule has 6 heteroatoms. The highest BCUT2D eigenvalue weighted by molar-refractivity contribution is 5.76. The van der Waals surface area contributed by atoms with Crippen molar-refractivity contribution in [2.75, 3.05) is 13.1 Å². The van der Waals surface area contributed by atoms with E-state index in [1.54, 1.807) is 4.68 Å².